The van der Waals surface area contributed by atoms with Gasteiger partial charge in [0, 0.05) is 19.2 Å². The number of carbonyl (C=O) groups is 2. The summed E-state index contributed by atoms with van der Waals surface area (Å²) in [5.41, 5.74) is 7.12. The minimum atomic E-state index is -0.773. The second-order valence-electron chi connectivity index (χ2n) is 6.72. The van der Waals surface area contributed by atoms with Crippen molar-refractivity contribution in [2.24, 2.45) is 0 Å². The zero-order valence-corrected chi connectivity index (χ0v) is 16.8. The van der Waals surface area contributed by atoms with Gasteiger partial charge in [-0.25, -0.2) is 9.37 Å². The monoisotopic (exact) mass is 401 g/mol. The van der Waals surface area contributed by atoms with E-state index < -0.39 is 6.04 Å². The summed E-state index contributed by atoms with van der Waals surface area (Å²) in [6, 6.07) is 8.54. The van der Waals surface area contributed by atoms with Gasteiger partial charge in [0.1, 0.15) is 17.7 Å². The lowest BCUT2D eigenvalue weighted by Crippen LogP contribution is -2.50. The maximum atomic E-state index is 13.2. The Bertz CT molecular complexity index is 792. The van der Waals surface area contributed by atoms with E-state index >= 15 is 0 Å². The highest BCUT2D eigenvalue weighted by atomic mass is 19.1. The quantitative estimate of drug-likeness (QED) is 0.560. The number of rotatable bonds is 10. The molecule has 29 heavy (non-hydrogen) atoms. The van der Waals surface area contributed by atoms with Gasteiger partial charge in [0.2, 0.25) is 11.8 Å². The van der Waals surface area contributed by atoms with E-state index in [0.29, 0.717) is 5.82 Å². The number of hydrogen-bond acceptors (Lipinski definition) is 5. The Kier molecular flexibility index (Phi) is 8.54. The number of pyridine rings is 1. The molecule has 1 aromatic carbocycles. The lowest BCUT2D eigenvalue weighted by molar-refractivity contribution is -0.129. The van der Waals surface area contributed by atoms with E-state index in [9.17, 15) is 14.0 Å². The summed E-state index contributed by atoms with van der Waals surface area (Å²) >= 11 is 0. The van der Waals surface area contributed by atoms with Gasteiger partial charge in [-0.3, -0.25) is 14.5 Å². The van der Waals surface area contributed by atoms with Gasteiger partial charge >= 0.3 is 0 Å². The number of nitrogens with one attached hydrogen (secondary N) is 2. The largest absolute Gasteiger partial charge is 0.384 e. The molecule has 1 heterocycles. The number of hydrogen-bond donors (Lipinski definition) is 3. The maximum Gasteiger partial charge on any atom is 0.243 e. The molecule has 0 saturated carbocycles. The Morgan fingerprint density at radius 3 is 2.34 bits per heavy atom. The van der Waals surface area contributed by atoms with Gasteiger partial charge < -0.3 is 16.4 Å². The summed E-state index contributed by atoms with van der Waals surface area (Å²) in [5.74, 6) is -0.502. The average Bonchev–Trinajstić information content (AvgIpc) is 2.72. The molecule has 1 unspecified atom stereocenters. The third-order valence-corrected chi connectivity index (χ3v) is 4.58. The van der Waals surface area contributed by atoms with Crippen molar-refractivity contribution >= 4 is 17.6 Å². The van der Waals surface area contributed by atoms with Crippen LogP contribution in [0.25, 0.3) is 0 Å². The number of carbonyl (C=O) groups excluding carboxylic acids is 2. The molecule has 2 aromatic rings. The van der Waals surface area contributed by atoms with E-state index in [2.05, 4.69) is 15.6 Å². The number of nitrogen functional groups attached to an aromatic ring is 1. The molecule has 0 radical (unpaired) electrons. The average molecular weight is 401 g/mol. The maximum absolute atomic E-state index is 13.2. The predicted molar refractivity (Wildman–Crippen MR) is 110 cm³/mol. The summed E-state index contributed by atoms with van der Waals surface area (Å²) in [7, 11) is 0. The zero-order valence-electron chi connectivity index (χ0n) is 16.8. The molecule has 4 N–H and O–H groups in total. The van der Waals surface area contributed by atoms with Gasteiger partial charge in [-0.15, -0.1) is 0 Å². The van der Waals surface area contributed by atoms with Crippen LogP contribution in [0.5, 0.6) is 0 Å². The third kappa shape index (κ3) is 7.50. The molecule has 1 aromatic heterocycles. The smallest absolute Gasteiger partial charge is 0.243 e. The van der Waals surface area contributed by atoms with Crippen molar-refractivity contribution in [2.75, 3.05) is 25.4 Å². The molecule has 0 aliphatic heterocycles. The molecule has 1 atom stereocenters. The summed E-state index contributed by atoms with van der Waals surface area (Å²) < 4.78 is 13.2. The van der Waals surface area contributed by atoms with Crippen molar-refractivity contribution in [3.63, 3.8) is 0 Å². The number of halogens is 1. The molecule has 0 fully saturated rings. The fraction of sp³-hybridized carbons (Fsp3) is 0.381. The van der Waals surface area contributed by atoms with Crippen molar-refractivity contribution < 1.29 is 14.0 Å². The molecule has 0 aliphatic carbocycles. The lowest BCUT2D eigenvalue weighted by atomic mass is 10.0. The Morgan fingerprint density at radius 1 is 1.10 bits per heavy atom. The molecule has 2 rings (SSSR count). The molecule has 7 nitrogen and oxygen atoms in total. The Hall–Kier alpha value is -3.00. The normalized spacial score (nSPS) is 11.9. The molecule has 0 aliphatic rings. The Balaban J connectivity index is 2.05. The van der Waals surface area contributed by atoms with Crippen LogP contribution in [-0.2, 0) is 22.6 Å². The number of nitrogens with two attached hydrogens (primary N) is 1. The van der Waals surface area contributed by atoms with Gasteiger partial charge in [0.15, 0.2) is 0 Å². The highest BCUT2D eigenvalue weighted by Gasteiger charge is 2.22. The Morgan fingerprint density at radius 2 is 1.76 bits per heavy atom. The summed E-state index contributed by atoms with van der Waals surface area (Å²) in [4.78, 5) is 31.1. The predicted octanol–water partition coefficient (Wildman–Crippen LogP) is 1.49. The molecule has 0 bridgehead atoms. The second kappa shape index (κ2) is 11.1. The number of nitrogens with zero attached hydrogens (tertiary/aromatic N) is 2. The number of amides is 2. The van der Waals surface area contributed by atoms with Gasteiger partial charge in [-0.05, 0) is 42.4 Å². The van der Waals surface area contributed by atoms with E-state index in [1.165, 1.54) is 12.1 Å². The van der Waals surface area contributed by atoms with E-state index in [1.54, 1.807) is 30.5 Å². The topological polar surface area (TPSA) is 100 Å². The molecule has 0 saturated heterocycles. The minimum Gasteiger partial charge on any atom is -0.384 e. The molecule has 8 heteroatoms. The van der Waals surface area contributed by atoms with Crippen LogP contribution < -0.4 is 16.4 Å². The van der Waals surface area contributed by atoms with Gasteiger partial charge in [-0.1, -0.05) is 32.0 Å². The van der Waals surface area contributed by atoms with Crippen molar-refractivity contribution in [3.8, 4) is 0 Å². The first-order chi connectivity index (χ1) is 13.9. The minimum absolute atomic E-state index is 0.210. The molecule has 2 amide bonds. The van der Waals surface area contributed by atoms with Crippen LogP contribution in [0, 0.1) is 5.82 Å². The fourth-order valence-electron chi connectivity index (χ4n) is 2.81. The highest BCUT2D eigenvalue weighted by Crippen LogP contribution is 2.07. The number of likely N-dealkylation sites (N-methyl/N-ethyl adjacent to an activating group) is 1. The zero-order chi connectivity index (χ0) is 21.2. The van der Waals surface area contributed by atoms with Crippen molar-refractivity contribution in [1.82, 2.24) is 20.5 Å². The standard InChI is InChI=1S/C21H28FN5O2/c1-3-27(4-2)14-20(28)26-18(11-15-5-8-17(22)9-6-15)21(29)25-13-16-7-10-19(23)24-12-16/h5-10,12,18H,3-4,11,13-14H2,1-2H3,(H2,23,24)(H,25,29)(H,26,28). The van der Waals surface area contributed by atoms with Crippen LogP contribution in [0.1, 0.15) is 25.0 Å². The van der Waals surface area contributed by atoms with Crippen LogP contribution in [0.2, 0.25) is 0 Å². The van der Waals surface area contributed by atoms with Crippen LogP contribution in [-0.4, -0.2) is 47.4 Å². The SMILES string of the molecule is CCN(CC)CC(=O)NC(Cc1ccc(F)cc1)C(=O)NCc1ccc(N)nc1. The van der Waals surface area contributed by atoms with E-state index in [0.717, 1.165) is 24.2 Å². The molecular weight excluding hydrogens is 373 g/mol. The van der Waals surface area contributed by atoms with Crippen molar-refractivity contribution in [2.45, 2.75) is 32.9 Å². The van der Waals surface area contributed by atoms with Crippen molar-refractivity contribution in [1.29, 1.82) is 0 Å². The molecule has 0 spiro atoms. The first-order valence-electron chi connectivity index (χ1n) is 9.65. The lowest BCUT2D eigenvalue weighted by Gasteiger charge is -2.22. The third-order valence-electron chi connectivity index (χ3n) is 4.58. The van der Waals surface area contributed by atoms with Gasteiger partial charge in [-0.2, -0.15) is 0 Å². The van der Waals surface area contributed by atoms with Gasteiger partial charge in [0.05, 0.1) is 6.54 Å². The van der Waals surface area contributed by atoms with E-state index in [1.807, 2.05) is 18.7 Å². The molecular formula is C21H28FN5O2. The van der Waals surface area contributed by atoms with Crippen LogP contribution in [0.15, 0.2) is 42.6 Å². The van der Waals surface area contributed by atoms with Crippen molar-refractivity contribution in [3.05, 3.63) is 59.5 Å². The first kappa shape index (κ1) is 22.3. The van der Waals surface area contributed by atoms with Gasteiger partial charge in [0.25, 0.3) is 0 Å². The van der Waals surface area contributed by atoms with Crippen LogP contribution >= 0.6 is 0 Å². The number of aromatic nitrogens is 1. The van der Waals surface area contributed by atoms with E-state index in [4.69, 9.17) is 5.73 Å². The fourth-order valence-corrected chi connectivity index (χ4v) is 2.81. The summed E-state index contributed by atoms with van der Waals surface area (Å²) in [6.45, 7) is 5.89. The van der Waals surface area contributed by atoms with Crippen LogP contribution in [0.4, 0.5) is 10.2 Å². The summed E-state index contributed by atoms with van der Waals surface area (Å²) in [5, 5.41) is 5.62. The first-order valence-corrected chi connectivity index (χ1v) is 9.65. The highest BCUT2D eigenvalue weighted by molar-refractivity contribution is 5.88. The number of benzene rings is 1. The molecule has 156 valence electrons. The van der Waals surface area contributed by atoms with E-state index in [-0.39, 0.29) is 37.1 Å². The summed E-state index contributed by atoms with van der Waals surface area (Å²) in [6.07, 6.45) is 1.85. The Labute approximate surface area is 170 Å². The van der Waals surface area contributed by atoms with Crippen LogP contribution in [0.3, 0.4) is 0 Å². The second-order valence-corrected chi connectivity index (χ2v) is 6.72. The number of anilines is 1.